The van der Waals surface area contributed by atoms with Crippen LogP contribution in [0.2, 0.25) is 10.0 Å². The third kappa shape index (κ3) is 4.95. The molecule has 26 heavy (non-hydrogen) atoms. The van der Waals surface area contributed by atoms with Gasteiger partial charge in [-0.3, -0.25) is 9.69 Å². The molecule has 3 aromatic rings. The minimum Gasteiger partial charge on any atom is -0.355 e. The number of nitrogens with one attached hydrogen (secondary N) is 1. The zero-order valence-electron chi connectivity index (χ0n) is 14.3. The highest BCUT2D eigenvalue weighted by molar-refractivity contribution is 7.18. The topological polar surface area (TPSA) is 45.2 Å². The molecule has 0 radical (unpaired) electrons. The van der Waals surface area contributed by atoms with Gasteiger partial charge in [0, 0.05) is 19.5 Å². The molecule has 7 heteroatoms. The first-order valence-corrected chi connectivity index (χ1v) is 9.83. The van der Waals surface area contributed by atoms with E-state index in [1.165, 1.54) is 4.70 Å². The van der Waals surface area contributed by atoms with E-state index in [2.05, 4.69) is 16.4 Å². The van der Waals surface area contributed by atoms with Crippen LogP contribution in [0.5, 0.6) is 0 Å². The summed E-state index contributed by atoms with van der Waals surface area (Å²) in [6.07, 6.45) is 0.731. The van der Waals surface area contributed by atoms with E-state index >= 15 is 0 Å². The summed E-state index contributed by atoms with van der Waals surface area (Å²) in [5, 5.41) is 5.04. The van der Waals surface area contributed by atoms with Gasteiger partial charge < -0.3 is 5.32 Å². The maximum atomic E-state index is 12.1. The molecular weight excluding hydrogens is 389 g/mol. The largest absolute Gasteiger partial charge is 0.355 e. The standard InChI is InChI=1S/C19H19Cl2N3OS/c1-24(11-13-5-4-6-14(20)19(13)21)12-17(25)22-10-9-18-23-15-7-2-3-8-16(15)26-18/h2-8H,9-12H2,1H3,(H,22,25). The Labute approximate surface area is 166 Å². The molecule has 0 aliphatic carbocycles. The fourth-order valence-corrected chi connectivity index (χ4v) is 4.00. The highest BCUT2D eigenvalue weighted by Crippen LogP contribution is 2.26. The summed E-state index contributed by atoms with van der Waals surface area (Å²) in [4.78, 5) is 18.6. The van der Waals surface area contributed by atoms with Crippen molar-refractivity contribution >= 4 is 50.7 Å². The normalized spacial score (nSPS) is 11.2. The summed E-state index contributed by atoms with van der Waals surface area (Å²) in [6, 6.07) is 13.6. The summed E-state index contributed by atoms with van der Waals surface area (Å²) in [5.74, 6) is -0.0215. The third-order valence-corrected chi connectivity index (χ3v) is 5.84. The second-order valence-electron chi connectivity index (χ2n) is 6.06. The Morgan fingerprint density at radius 1 is 1.19 bits per heavy atom. The number of benzene rings is 2. The number of halogens is 2. The van der Waals surface area contributed by atoms with E-state index < -0.39 is 0 Å². The van der Waals surface area contributed by atoms with Crippen molar-refractivity contribution < 1.29 is 4.79 Å². The van der Waals surface area contributed by atoms with E-state index in [1.54, 1.807) is 17.4 Å². The number of para-hydroxylation sites is 1. The first-order valence-electron chi connectivity index (χ1n) is 8.25. The molecule has 0 fully saturated rings. The molecule has 3 rings (SSSR count). The van der Waals surface area contributed by atoms with Gasteiger partial charge in [0.1, 0.15) is 0 Å². The highest BCUT2D eigenvalue weighted by atomic mass is 35.5. The van der Waals surface area contributed by atoms with Crippen LogP contribution in [0.3, 0.4) is 0 Å². The Morgan fingerprint density at radius 2 is 2.00 bits per heavy atom. The Morgan fingerprint density at radius 3 is 2.81 bits per heavy atom. The molecule has 0 spiro atoms. The molecule has 0 aliphatic heterocycles. The number of amides is 1. The molecule has 0 saturated heterocycles. The van der Waals surface area contributed by atoms with Crippen molar-refractivity contribution in [2.24, 2.45) is 0 Å². The minimum atomic E-state index is -0.0215. The Hall–Kier alpha value is -1.66. The lowest BCUT2D eigenvalue weighted by Gasteiger charge is -2.17. The van der Waals surface area contributed by atoms with Gasteiger partial charge in [-0.05, 0) is 30.8 Å². The van der Waals surface area contributed by atoms with Crippen molar-refractivity contribution in [3.05, 3.63) is 63.1 Å². The van der Waals surface area contributed by atoms with Gasteiger partial charge in [0.25, 0.3) is 0 Å². The predicted octanol–water partition coefficient (Wildman–Crippen LogP) is 4.39. The number of aromatic nitrogens is 1. The van der Waals surface area contributed by atoms with Crippen LogP contribution in [0, 0.1) is 0 Å². The molecule has 1 N–H and O–H groups in total. The number of hydrogen-bond acceptors (Lipinski definition) is 4. The monoisotopic (exact) mass is 407 g/mol. The van der Waals surface area contributed by atoms with E-state index in [0.29, 0.717) is 29.7 Å². The molecule has 2 aromatic carbocycles. The van der Waals surface area contributed by atoms with Crippen molar-refractivity contribution in [2.75, 3.05) is 20.1 Å². The summed E-state index contributed by atoms with van der Waals surface area (Å²) in [7, 11) is 1.88. The van der Waals surface area contributed by atoms with Gasteiger partial charge in [-0.15, -0.1) is 11.3 Å². The third-order valence-electron chi connectivity index (χ3n) is 3.88. The van der Waals surface area contributed by atoms with Crippen molar-refractivity contribution in [1.29, 1.82) is 0 Å². The van der Waals surface area contributed by atoms with Gasteiger partial charge in [-0.2, -0.15) is 0 Å². The number of likely N-dealkylation sites (N-methyl/N-ethyl adjacent to an activating group) is 1. The van der Waals surface area contributed by atoms with Crippen LogP contribution in [-0.4, -0.2) is 35.9 Å². The smallest absolute Gasteiger partial charge is 0.234 e. The van der Waals surface area contributed by atoms with E-state index in [4.69, 9.17) is 23.2 Å². The van der Waals surface area contributed by atoms with E-state index in [1.807, 2.05) is 42.3 Å². The first kappa shape index (κ1) is 19.1. The molecule has 0 saturated carbocycles. The number of carbonyl (C=O) groups is 1. The number of rotatable bonds is 7. The van der Waals surface area contributed by atoms with Gasteiger partial charge in [-0.25, -0.2) is 4.98 Å². The Bertz CT molecular complexity index is 880. The number of carbonyl (C=O) groups excluding carboxylic acids is 1. The van der Waals surface area contributed by atoms with Crippen LogP contribution >= 0.6 is 34.5 Å². The zero-order valence-corrected chi connectivity index (χ0v) is 16.7. The van der Waals surface area contributed by atoms with Gasteiger partial charge in [-0.1, -0.05) is 47.5 Å². The minimum absolute atomic E-state index is 0.0215. The number of nitrogens with zero attached hydrogens (tertiary/aromatic N) is 2. The van der Waals surface area contributed by atoms with Crippen LogP contribution in [0.4, 0.5) is 0 Å². The fraction of sp³-hybridized carbons (Fsp3) is 0.263. The van der Waals surface area contributed by atoms with Crippen LogP contribution in [0.1, 0.15) is 10.6 Å². The Balaban J connectivity index is 1.45. The van der Waals surface area contributed by atoms with Crippen LogP contribution in [0.25, 0.3) is 10.2 Å². The molecule has 0 bridgehead atoms. The van der Waals surface area contributed by atoms with Gasteiger partial charge >= 0.3 is 0 Å². The zero-order chi connectivity index (χ0) is 18.5. The van der Waals surface area contributed by atoms with Crippen molar-refractivity contribution in [3.8, 4) is 0 Å². The lowest BCUT2D eigenvalue weighted by Crippen LogP contribution is -2.35. The van der Waals surface area contributed by atoms with Gasteiger partial charge in [0.2, 0.25) is 5.91 Å². The van der Waals surface area contributed by atoms with Gasteiger partial charge in [0.05, 0.1) is 31.8 Å². The highest BCUT2D eigenvalue weighted by Gasteiger charge is 2.11. The SMILES string of the molecule is CN(CC(=O)NCCc1nc2ccccc2s1)Cc1cccc(Cl)c1Cl. The second kappa shape index (κ2) is 8.82. The first-order chi connectivity index (χ1) is 12.5. The Kier molecular flexibility index (Phi) is 6.48. The molecule has 136 valence electrons. The number of fused-ring (bicyclic) bond motifs is 1. The summed E-state index contributed by atoms with van der Waals surface area (Å²) < 4.78 is 1.17. The van der Waals surface area contributed by atoms with Crippen LogP contribution < -0.4 is 5.32 Å². The molecule has 1 aromatic heterocycles. The van der Waals surface area contributed by atoms with Gasteiger partial charge in [0.15, 0.2) is 0 Å². The maximum Gasteiger partial charge on any atom is 0.234 e. The maximum absolute atomic E-state index is 12.1. The van der Waals surface area contributed by atoms with E-state index in [-0.39, 0.29) is 5.91 Å². The molecule has 0 unspecified atom stereocenters. The average Bonchev–Trinajstić information content (AvgIpc) is 3.01. The second-order valence-corrected chi connectivity index (χ2v) is 7.96. The van der Waals surface area contributed by atoms with E-state index in [9.17, 15) is 4.79 Å². The molecular formula is C19H19Cl2N3OS. The van der Waals surface area contributed by atoms with Crippen molar-refractivity contribution in [1.82, 2.24) is 15.2 Å². The van der Waals surface area contributed by atoms with Crippen molar-refractivity contribution in [3.63, 3.8) is 0 Å². The number of hydrogen-bond donors (Lipinski definition) is 1. The van der Waals surface area contributed by atoms with E-state index in [0.717, 1.165) is 22.5 Å². The molecule has 1 amide bonds. The lowest BCUT2D eigenvalue weighted by atomic mass is 10.2. The average molecular weight is 408 g/mol. The number of thiazole rings is 1. The fourth-order valence-electron chi connectivity index (χ4n) is 2.65. The lowest BCUT2D eigenvalue weighted by molar-refractivity contribution is -0.122. The predicted molar refractivity (Wildman–Crippen MR) is 109 cm³/mol. The molecule has 4 nitrogen and oxygen atoms in total. The summed E-state index contributed by atoms with van der Waals surface area (Å²) in [5.41, 5.74) is 1.92. The van der Waals surface area contributed by atoms with Crippen LogP contribution in [0.15, 0.2) is 42.5 Å². The van der Waals surface area contributed by atoms with Crippen molar-refractivity contribution in [2.45, 2.75) is 13.0 Å². The summed E-state index contributed by atoms with van der Waals surface area (Å²) in [6.45, 7) is 1.43. The molecule has 0 aliphatic rings. The quantitative estimate of drug-likeness (QED) is 0.631. The molecule has 0 atom stereocenters. The van der Waals surface area contributed by atoms with Crippen LogP contribution in [-0.2, 0) is 17.8 Å². The summed E-state index contributed by atoms with van der Waals surface area (Å²) >= 11 is 13.9. The molecule has 1 heterocycles.